The molecule has 98 valence electrons. The van der Waals surface area contributed by atoms with E-state index >= 15 is 0 Å². The van der Waals surface area contributed by atoms with E-state index in [9.17, 15) is 10.2 Å². The molecular weight excluding hydrogens is 200 g/mol. The van der Waals surface area contributed by atoms with Gasteiger partial charge in [-0.15, -0.1) is 0 Å². The van der Waals surface area contributed by atoms with Gasteiger partial charge in [0.1, 0.15) is 0 Å². The van der Waals surface area contributed by atoms with Crippen LogP contribution in [0.3, 0.4) is 0 Å². The first-order chi connectivity index (χ1) is 7.49. The van der Waals surface area contributed by atoms with Gasteiger partial charge in [-0.2, -0.15) is 0 Å². The highest BCUT2D eigenvalue weighted by atomic mass is 16.3. The fourth-order valence-electron chi connectivity index (χ4n) is 1.77. The smallest absolute Gasteiger partial charge is 0.0565 e. The third-order valence-corrected chi connectivity index (χ3v) is 3.57. The molecule has 0 aromatic heterocycles. The first-order valence-corrected chi connectivity index (χ1v) is 6.85. The molecule has 0 radical (unpaired) electrons. The second kappa shape index (κ2) is 9.00. The van der Waals surface area contributed by atoms with Crippen LogP contribution in [0.25, 0.3) is 0 Å². The zero-order valence-electron chi connectivity index (χ0n) is 11.4. The van der Waals surface area contributed by atoms with Crippen LogP contribution in [0, 0.1) is 11.8 Å². The number of unbranched alkanes of at least 4 members (excludes halogenated alkanes) is 2. The highest BCUT2D eigenvalue weighted by molar-refractivity contribution is 4.64. The summed E-state index contributed by atoms with van der Waals surface area (Å²) in [6.45, 7) is 8.33. The summed E-state index contributed by atoms with van der Waals surface area (Å²) in [7, 11) is 0. The fraction of sp³-hybridized carbons (Fsp3) is 1.00. The van der Waals surface area contributed by atoms with E-state index in [1.54, 1.807) is 0 Å². The van der Waals surface area contributed by atoms with Crippen molar-refractivity contribution >= 4 is 0 Å². The summed E-state index contributed by atoms with van der Waals surface area (Å²) in [6, 6.07) is 0. The highest BCUT2D eigenvalue weighted by Gasteiger charge is 2.12. The van der Waals surface area contributed by atoms with Crippen molar-refractivity contribution in [2.75, 3.05) is 0 Å². The summed E-state index contributed by atoms with van der Waals surface area (Å²) in [5, 5.41) is 19.4. The van der Waals surface area contributed by atoms with E-state index in [1.807, 2.05) is 0 Å². The van der Waals surface area contributed by atoms with Gasteiger partial charge in [-0.1, -0.05) is 53.4 Å². The second-order valence-electron chi connectivity index (χ2n) is 5.40. The van der Waals surface area contributed by atoms with Crippen molar-refractivity contribution in [3.8, 4) is 0 Å². The molecule has 2 heteroatoms. The Morgan fingerprint density at radius 1 is 0.812 bits per heavy atom. The van der Waals surface area contributed by atoms with Crippen molar-refractivity contribution in [3.05, 3.63) is 0 Å². The van der Waals surface area contributed by atoms with Crippen LogP contribution in [0.1, 0.15) is 66.2 Å². The molecule has 0 bridgehead atoms. The van der Waals surface area contributed by atoms with Gasteiger partial charge in [0.25, 0.3) is 0 Å². The minimum absolute atomic E-state index is 0.139. The molecule has 0 rings (SSSR count). The molecule has 0 saturated heterocycles. The Labute approximate surface area is 101 Å². The maximum absolute atomic E-state index is 9.77. The molecule has 0 aromatic carbocycles. The third kappa shape index (κ3) is 7.24. The molecule has 0 spiro atoms. The normalized spacial score (nSPS) is 17.4. The van der Waals surface area contributed by atoms with Crippen LogP contribution >= 0.6 is 0 Å². The predicted molar refractivity (Wildman–Crippen MR) is 69.4 cm³/mol. The van der Waals surface area contributed by atoms with Crippen LogP contribution in [-0.2, 0) is 0 Å². The minimum atomic E-state index is -0.153. The Morgan fingerprint density at radius 3 is 1.75 bits per heavy atom. The quantitative estimate of drug-likeness (QED) is 0.596. The highest BCUT2D eigenvalue weighted by Crippen LogP contribution is 2.16. The van der Waals surface area contributed by atoms with Gasteiger partial charge in [0.05, 0.1) is 12.2 Å². The SMILES string of the molecule is CCC(C)C(O)CCCCCC(O)C(C)C. The standard InChI is InChI=1S/C14H30O2/c1-5-12(4)14(16)10-8-6-7-9-13(15)11(2)3/h11-16H,5-10H2,1-4H3. The molecule has 0 aliphatic heterocycles. The number of hydrogen-bond acceptors (Lipinski definition) is 2. The van der Waals surface area contributed by atoms with Gasteiger partial charge in [0, 0.05) is 0 Å². The molecule has 0 heterocycles. The van der Waals surface area contributed by atoms with E-state index in [1.165, 1.54) is 0 Å². The molecule has 16 heavy (non-hydrogen) atoms. The first-order valence-electron chi connectivity index (χ1n) is 6.85. The lowest BCUT2D eigenvalue weighted by atomic mass is 9.95. The van der Waals surface area contributed by atoms with Crippen LogP contribution in [0.4, 0.5) is 0 Å². The monoisotopic (exact) mass is 230 g/mol. The average molecular weight is 230 g/mol. The topological polar surface area (TPSA) is 40.5 Å². The number of rotatable bonds is 9. The van der Waals surface area contributed by atoms with Gasteiger partial charge in [0.2, 0.25) is 0 Å². The fourth-order valence-corrected chi connectivity index (χ4v) is 1.77. The van der Waals surface area contributed by atoms with Crippen molar-refractivity contribution in [2.24, 2.45) is 11.8 Å². The van der Waals surface area contributed by atoms with Crippen molar-refractivity contribution in [1.82, 2.24) is 0 Å². The molecule has 2 N–H and O–H groups in total. The van der Waals surface area contributed by atoms with Gasteiger partial charge in [-0.3, -0.25) is 0 Å². The molecule has 0 aliphatic carbocycles. The lowest BCUT2D eigenvalue weighted by molar-refractivity contribution is 0.0986. The van der Waals surface area contributed by atoms with Crippen LogP contribution in [0.15, 0.2) is 0 Å². The van der Waals surface area contributed by atoms with Crippen LogP contribution in [0.5, 0.6) is 0 Å². The van der Waals surface area contributed by atoms with E-state index in [-0.39, 0.29) is 12.2 Å². The third-order valence-electron chi connectivity index (χ3n) is 3.57. The van der Waals surface area contributed by atoms with Gasteiger partial charge in [0.15, 0.2) is 0 Å². The molecule has 3 atom stereocenters. The molecule has 3 unspecified atom stereocenters. The zero-order valence-corrected chi connectivity index (χ0v) is 11.4. The molecule has 0 aromatic rings. The second-order valence-corrected chi connectivity index (χ2v) is 5.40. The van der Waals surface area contributed by atoms with E-state index in [0.717, 1.165) is 38.5 Å². The molecule has 0 amide bonds. The number of hydrogen-bond donors (Lipinski definition) is 2. The Hall–Kier alpha value is -0.0800. The summed E-state index contributed by atoms with van der Waals surface area (Å²) >= 11 is 0. The Morgan fingerprint density at radius 2 is 1.31 bits per heavy atom. The van der Waals surface area contributed by atoms with Crippen LogP contribution < -0.4 is 0 Å². The summed E-state index contributed by atoms with van der Waals surface area (Å²) in [6.07, 6.45) is 5.84. The van der Waals surface area contributed by atoms with Crippen molar-refractivity contribution in [1.29, 1.82) is 0 Å². The molecular formula is C14H30O2. The Balaban J connectivity index is 3.40. The lowest BCUT2D eigenvalue weighted by Crippen LogP contribution is -2.17. The van der Waals surface area contributed by atoms with Gasteiger partial charge < -0.3 is 10.2 Å². The minimum Gasteiger partial charge on any atom is -0.393 e. The van der Waals surface area contributed by atoms with Crippen molar-refractivity contribution < 1.29 is 10.2 Å². The van der Waals surface area contributed by atoms with E-state index in [0.29, 0.717) is 11.8 Å². The summed E-state index contributed by atoms with van der Waals surface area (Å²) in [5.41, 5.74) is 0. The lowest BCUT2D eigenvalue weighted by Gasteiger charge is -2.17. The predicted octanol–water partition coefficient (Wildman–Crippen LogP) is 3.36. The maximum Gasteiger partial charge on any atom is 0.0565 e. The van der Waals surface area contributed by atoms with Gasteiger partial charge >= 0.3 is 0 Å². The molecule has 2 nitrogen and oxygen atoms in total. The summed E-state index contributed by atoms with van der Waals surface area (Å²) in [5.74, 6) is 0.784. The first kappa shape index (κ1) is 15.9. The van der Waals surface area contributed by atoms with E-state index in [2.05, 4.69) is 27.7 Å². The molecule has 0 fully saturated rings. The largest absolute Gasteiger partial charge is 0.393 e. The Bertz CT molecular complexity index is 157. The van der Waals surface area contributed by atoms with Gasteiger partial charge in [-0.05, 0) is 24.7 Å². The Kier molecular flexibility index (Phi) is 8.96. The number of aliphatic hydroxyl groups is 2. The molecule has 0 aliphatic rings. The summed E-state index contributed by atoms with van der Waals surface area (Å²) in [4.78, 5) is 0. The van der Waals surface area contributed by atoms with Gasteiger partial charge in [-0.25, -0.2) is 0 Å². The number of aliphatic hydroxyl groups excluding tert-OH is 2. The van der Waals surface area contributed by atoms with Crippen molar-refractivity contribution in [2.45, 2.75) is 78.4 Å². The van der Waals surface area contributed by atoms with E-state index in [4.69, 9.17) is 0 Å². The molecule has 0 saturated carbocycles. The average Bonchev–Trinajstić information content (AvgIpc) is 2.26. The van der Waals surface area contributed by atoms with Crippen molar-refractivity contribution in [3.63, 3.8) is 0 Å². The zero-order chi connectivity index (χ0) is 12.6. The van der Waals surface area contributed by atoms with E-state index < -0.39 is 0 Å². The van der Waals surface area contributed by atoms with Crippen LogP contribution in [-0.4, -0.2) is 22.4 Å². The maximum atomic E-state index is 9.77. The summed E-state index contributed by atoms with van der Waals surface area (Å²) < 4.78 is 0. The van der Waals surface area contributed by atoms with Crippen LogP contribution in [0.2, 0.25) is 0 Å².